The Morgan fingerprint density at radius 3 is 2.67 bits per heavy atom. The molecule has 5 heteroatoms. The van der Waals surface area contributed by atoms with E-state index in [1.54, 1.807) is 0 Å². The average Bonchev–Trinajstić information content (AvgIpc) is 2.79. The fraction of sp³-hybridized carbons (Fsp3) is 0.692. The van der Waals surface area contributed by atoms with Crippen molar-refractivity contribution in [1.29, 1.82) is 0 Å². The molecule has 1 saturated carbocycles. The first-order valence-electron chi connectivity index (χ1n) is 6.63. The van der Waals surface area contributed by atoms with Gasteiger partial charge in [-0.15, -0.1) is 0 Å². The first-order chi connectivity index (χ1) is 8.58. The highest BCUT2D eigenvalue weighted by Crippen LogP contribution is 2.35. The molecule has 0 spiro atoms. The zero-order chi connectivity index (χ0) is 13.1. The van der Waals surface area contributed by atoms with E-state index in [4.69, 9.17) is 0 Å². The monoisotopic (exact) mass is 251 g/mol. The van der Waals surface area contributed by atoms with E-state index < -0.39 is 0 Å². The molecule has 0 aliphatic heterocycles. The van der Waals surface area contributed by atoms with Gasteiger partial charge in [0.1, 0.15) is 5.82 Å². The van der Waals surface area contributed by atoms with E-state index in [1.807, 2.05) is 13.8 Å². The van der Waals surface area contributed by atoms with Gasteiger partial charge in [-0.05, 0) is 18.8 Å². The minimum atomic E-state index is -0.185. The highest BCUT2D eigenvalue weighted by atomic mass is 16.3. The number of hydrogen-bond donors (Lipinski definition) is 3. The summed E-state index contributed by atoms with van der Waals surface area (Å²) in [5.74, 6) is 0.576. The van der Waals surface area contributed by atoms with Gasteiger partial charge in [-0.25, -0.2) is 0 Å². The summed E-state index contributed by atoms with van der Waals surface area (Å²) in [6.07, 6.45) is 4.20. The van der Waals surface area contributed by atoms with Crippen molar-refractivity contribution in [1.82, 2.24) is 15.3 Å². The molecule has 0 saturated heterocycles. The molecule has 3 N–H and O–H groups in total. The summed E-state index contributed by atoms with van der Waals surface area (Å²) in [5.41, 5.74) is 0.288. The second-order valence-electron chi connectivity index (χ2n) is 5.27. The van der Waals surface area contributed by atoms with Crippen molar-refractivity contribution in [2.75, 3.05) is 0 Å². The maximum Gasteiger partial charge on any atom is 0.258 e. The molecular formula is C13H21N3O2. The lowest BCUT2D eigenvalue weighted by Gasteiger charge is -2.12. The van der Waals surface area contributed by atoms with Crippen LogP contribution >= 0.6 is 0 Å². The number of aromatic nitrogens is 2. The number of rotatable bonds is 4. The van der Waals surface area contributed by atoms with Crippen molar-refractivity contribution in [3.63, 3.8) is 0 Å². The van der Waals surface area contributed by atoms with Crippen LogP contribution in [0.4, 0.5) is 0 Å². The normalized spacial score (nSPS) is 16.6. The van der Waals surface area contributed by atoms with Gasteiger partial charge < -0.3 is 15.4 Å². The van der Waals surface area contributed by atoms with Gasteiger partial charge >= 0.3 is 0 Å². The Hall–Kier alpha value is -1.36. The van der Waals surface area contributed by atoms with Gasteiger partial charge in [-0.3, -0.25) is 4.79 Å². The molecule has 100 valence electrons. The summed E-state index contributed by atoms with van der Waals surface area (Å²) in [6.45, 7) is 4.50. The Bertz CT molecular complexity index is 462. The third-order valence-corrected chi connectivity index (χ3v) is 3.43. The Morgan fingerprint density at radius 2 is 2.11 bits per heavy atom. The molecule has 0 amide bonds. The predicted molar refractivity (Wildman–Crippen MR) is 69.7 cm³/mol. The third-order valence-electron chi connectivity index (χ3n) is 3.43. The van der Waals surface area contributed by atoms with E-state index in [9.17, 15) is 9.90 Å². The first kappa shape index (κ1) is 13.1. The van der Waals surface area contributed by atoms with Gasteiger partial charge in [-0.2, -0.15) is 4.98 Å². The molecule has 1 fully saturated rings. The van der Waals surface area contributed by atoms with Crippen LogP contribution in [0.25, 0.3) is 0 Å². The third kappa shape index (κ3) is 2.90. The number of nitrogens with one attached hydrogen (secondary N) is 2. The Balaban J connectivity index is 2.21. The lowest BCUT2D eigenvalue weighted by Crippen LogP contribution is -2.26. The first-order valence-corrected chi connectivity index (χ1v) is 6.63. The van der Waals surface area contributed by atoms with Crippen LogP contribution in [0.1, 0.15) is 56.8 Å². The molecule has 1 aliphatic rings. The van der Waals surface area contributed by atoms with Crippen molar-refractivity contribution in [3.8, 4) is 5.88 Å². The average molecular weight is 251 g/mol. The van der Waals surface area contributed by atoms with Crippen LogP contribution in [-0.2, 0) is 6.54 Å². The van der Waals surface area contributed by atoms with Crippen molar-refractivity contribution in [3.05, 3.63) is 21.7 Å². The summed E-state index contributed by atoms with van der Waals surface area (Å²) in [6, 6.07) is 0.312. The Kier molecular flexibility index (Phi) is 4.01. The topological polar surface area (TPSA) is 78.0 Å². The Morgan fingerprint density at radius 1 is 1.44 bits per heavy atom. The highest BCUT2D eigenvalue weighted by molar-refractivity contribution is 5.27. The van der Waals surface area contributed by atoms with Gasteiger partial charge in [0.15, 0.2) is 0 Å². The van der Waals surface area contributed by atoms with Crippen molar-refractivity contribution < 1.29 is 5.11 Å². The molecule has 0 aromatic carbocycles. The largest absolute Gasteiger partial charge is 0.493 e. The van der Waals surface area contributed by atoms with Crippen LogP contribution in [-0.4, -0.2) is 21.1 Å². The molecule has 1 aromatic rings. The van der Waals surface area contributed by atoms with Crippen molar-refractivity contribution >= 4 is 0 Å². The smallest absolute Gasteiger partial charge is 0.258 e. The maximum atomic E-state index is 12.0. The highest BCUT2D eigenvalue weighted by Gasteiger charge is 2.24. The number of nitrogens with zero attached hydrogens (tertiary/aromatic N) is 1. The van der Waals surface area contributed by atoms with Crippen LogP contribution in [0.15, 0.2) is 4.79 Å². The molecule has 2 rings (SSSR count). The zero-order valence-corrected chi connectivity index (χ0v) is 11.0. The molecule has 5 nitrogen and oxygen atoms in total. The predicted octanol–water partition coefficient (Wildman–Crippen LogP) is 1.63. The second kappa shape index (κ2) is 5.52. The lowest BCUT2D eigenvalue weighted by atomic mass is 10.00. The fourth-order valence-corrected chi connectivity index (χ4v) is 2.48. The summed E-state index contributed by atoms with van der Waals surface area (Å²) in [4.78, 5) is 18.9. The number of aromatic amines is 1. The van der Waals surface area contributed by atoms with Gasteiger partial charge in [0, 0.05) is 6.04 Å². The van der Waals surface area contributed by atoms with E-state index in [1.165, 1.54) is 0 Å². The molecular weight excluding hydrogens is 230 g/mol. The molecule has 0 bridgehead atoms. The van der Waals surface area contributed by atoms with Crippen LogP contribution in [0, 0.1) is 0 Å². The summed E-state index contributed by atoms with van der Waals surface area (Å²) >= 11 is 0. The van der Waals surface area contributed by atoms with E-state index >= 15 is 0 Å². The molecule has 0 radical (unpaired) electrons. The van der Waals surface area contributed by atoms with E-state index in [-0.39, 0.29) is 17.4 Å². The van der Waals surface area contributed by atoms with Crippen molar-refractivity contribution in [2.45, 2.75) is 58.0 Å². The summed E-state index contributed by atoms with van der Waals surface area (Å²) in [5, 5.41) is 13.1. The lowest BCUT2D eigenvalue weighted by molar-refractivity contribution is 0.429. The number of hydrogen-bond acceptors (Lipinski definition) is 4. The number of aromatic hydroxyl groups is 1. The van der Waals surface area contributed by atoms with Gasteiger partial charge in [0.2, 0.25) is 5.88 Å². The number of H-pyrrole nitrogens is 1. The molecule has 1 heterocycles. The minimum Gasteiger partial charge on any atom is -0.493 e. The molecule has 0 atom stereocenters. The standard InChI is InChI=1S/C13H21N3O2/c1-8(2)14-7-10-15-12(17)11(13(18)16-10)9-5-3-4-6-9/h8-9,14H,3-7H2,1-2H3,(H2,15,16,17,18). The van der Waals surface area contributed by atoms with Gasteiger partial charge in [0.25, 0.3) is 5.56 Å². The van der Waals surface area contributed by atoms with Crippen molar-refractivity contribution in [2.24, 2.45) is 0 Å². The van der Waals surface area contributed by atoms with Crippen LogP contribution < -0.4 is 10.9 Å². The molecule has 1 aliphatic carbocycles. The van der Waals surface area contributed by atoms with Crippen LogP contribution in [0.5, 0.6) is 5.88 Å². The fourth-order valence-electron chi connectivity index (χ4n) is 2.48. The Labute approximate surface area is 107 Å². The van der Waals surface area contributed by atoms with E-state index in [0.717, 1.165) is 25.7 Å². The summed E-state index contributed by atoms with van der Waals surface area (Å²) < 4.78 is 0. The second-order valence-corrected chi connectivity index (χ2v) is 5.27. The quantitative estimate of drug-likeness (QED) is 0.760. The van der Waals surface area contributed by atoms with E-state index in [0.29, 0.717) is 24.0 Å². The minimum absolute atomic E-state index is 0.0915. The van der Waals surface area contributed by atoms with Crippen LogP contribution in [0.3, 0.4) is 0 Å². The van der Waals surface area contributed by atoms with Gasteiger partial charge in [-0.1, -0.05) is 26.7 Å². The van der Waals surface area contributed by atoms with Crippen LogP contribution in [0.2, 0.25) is 0 Å². The van der Waals surface area contributed by atoms with Gasteiger partial charge in [0.05, 0.1) is 12.1 Å². The SMILES string of the molecule is CC(C)NCc1nc(O)c(C2CCCC2)c(=O)[nH]1. The maximum absolute atomic E-state index is 12.0. The molecule has 1 aromatic heterocycles. The zero-order valence-electron chi connectivity index (χ0n) is 11.0. The molecule has 0 unspecified atom stereocenters. The molecule has 18 heavy (non-hydrogen) atoms. The summed E-state index contributed by atoms with van der Waals surface area (Å²) in [7, 11) is 0. The van der Waals surface area contributed by atoms with E-state index in [2.05, 4.69) is 15.3 Å².